The minimum Gasteiger partial charge on any atom is -0.358 e. The van der Waals surface area contributed by atoms with Crippen LogP contribution in [0.5, 0.6) is 0 Å². The van der Waals surface area contributed by atoms with Crippen LogP contribution in [-0.4, -0.2) is 30.3 Å². The average Bonchev–Trinajstić information content (AvgIpc) is 2.30. The van der Waals surface area contributed by atoms with Crippen molar-refractivity contribution in [2.75, 3.05) is 25.0 Å². The van der Waals surface area contributed by atoms with Crippen molar-refractivity contribution in [3.05, 3.63) is 17.8 Å². The first-order chi connectivity index (χ1) is 8.13. The number of anilines is 1. The molecule has 0 amide bonds. The molecule has 1 rings (SSSR count). The number of rotatable bonds is 7. The Morgan fingerprint density at radius 1 is 1.29 bits per heavy atom. The number of aromatic nitrogens is 2. The SMILES string of the molecule is CCCN(C)c1ccc(CNCC(C)C)nn1. The molecule has 0 aliphatic rings. The van der Waals surface area contributed by atoms with Gasteiger partial charge in [0.1, 0.15) is 0 Å². The van der Waals surface area contributed by atoms with E-state index in [0.717, 1.165) is 37.6 Å². The lowest BCUT2D eigenvalue weighted by atomic mass is 10.2. The Morgan fingerprint density at radius 2 is 2.06 bits per heavy atom. The van der Waals surface area contributed by atoms with Crippen molar-refractivity contribution in [1.29, 1.82) is 0 Å². The Labute approximate surface area is 104 Å². The van der Waals surface area contributed by atoms with Crippen molar-refractivity contribution in [2.45, 2.75) is 33.7 Å². The molecule has 0 saturated heterocycles. The monoisotopic (exact) mass is 236 g/mol. The number of hydrogen-bond acceptors (Lipinski definition) is 4. The molecule has 1 N–H and O–H groups in total. The largest absolute Gasteiger partial charge is 0.358 e. The predicted molar refractivity (Wildman–Crippen MR) is 72.1 cm³/mol. The van der Waals surface area contributed by atoms with Gasteiger partial charge in [0.25, 0.3) is 0 Å². The topological polar surface area (TPSA) is 41.0 Å². The van der Waals surface area contributed by atoms with Gasteiger partial charge in [-0.2, -0.15) is 5.10 Å². The fraction of sp³-hybridized carbons (Fsp3) is 0.692. The smallest absolute Gasteiger partial charge is 0.150 e. The number of nitrogens with one attached hydrogen (secondary N) is 1. The van der Waals surface area contributed by atoms with Crippen molar-refractivity contribution in [3.8, 4) is 0 Å². The van der Waals surface area contributed by atoms with E-state index < -0.39 is 0 Å². The van der Waals surface area contributed by atoms with Crippen LogP contribution in [0.25, 0.3) is 0 Å². The molecule has 0 saturated carbocycles. The van der Waals surface area contributed by atoms with E-state index in [1.54, 1.807) is 0 Å². The first kappa shape index (κ1) is 13.9. The van der Waals surface area contributed by atoms with Crippen LogP contribution >= 0.6 is 0 Å². The Hall–Kier alpha value is -1.16. The molecule has 4 nitrogen and oxygen atoms in total. The molecule has 1 aromatic rings. The van der Waals surface area contributed by atoms with Crippen LogP contribution in [0.4, 0.5) is 5.82 Å². The molecule has 96 valence electrons. The molecule has 0 atom stereocenters. The summed E-state index contributed by atoms with van der Waals surface area (Å²) in [7, 11) is 2.05. The van der Waals surface area contributed by atoms with Crippen LogP contribution in [0.2, 0.25) is 0 Å². The van der Waals surface area contributed by atoms with Crippen molar-refractivity contribution in [2.24, 2.45) is 5.92 Å². The predicted octanol–water partition coefficient (Wildman–Crippen LogP) is 2.07. The van der Waals surface area contributed by atoms with Gasteiger partial charge in [-0.3, -0.25) is 0 Å². The maximum atomic E-state index is 4.23. The van der Waals surface area contributed by atoms with Crippen molar-refractivity contribution in [1.82, 2.24) is 15.5 Å². The lowest BCUT2D eigenvalue weighted by Crippen LogP contribution is -2.21. The third kappa shape index (κ3) is 5.13. The van der Waals surface area contributed by atoms with E-state index in [1.807, 2.05) is 19.2 Å². The molecule has 17 heavy (non-hydrogen) atoms. The van der Waals surface area contributed by atoms with E-state index >= 15 is 0 Å². The molecule has 0 bridgehead atoms. The maximum absolute atomic E-state index is 4.23. The van der Waals surface area contributed by atoms with E-state index in [2.05, 4.69) is 41.2 Å². The maximum Gasteiger partial charge on any atom is 0.150 e. The van der Waals surface area contributed by atoms with Gasteiger partial charge < -0.3 is 10.2 Å². The van der Waals surface area contributed by atoms with Gasteiger partial charge in [-0.1, -0.05) is 20.8 Å². The van der Waals surface area contributed by atoms with Crippen molar-refractivity contribution >= 4 is 5.82 Å². The van der Waals surface area contributed by atoms with E-state index in [1.165, 1.54) is 0 Å². The molecule has 1 aromatic heterocycles. The Balaban J connectivity index is 2.44. The van der Waals surface area contributed by atoms with Crippen LogP contribution in [0, 0.1) is 5.92 Å². The van der Waals surface area contributed by atoms with Gasteiger partial charge in [0, 0.05) is 20.1 Å². The highest BCUT2D eigenvalue weighted by atomic mass is 15.2. The standard InChI is InChI=1S/C13H24N4/c1-5-8-17(4)13-7-6-12(15-16-13)10-14-9-11(2)3/h6-7,11,14H,5,8-10H2,1-4H3. The summed E-state index contributed by atoms with van der Waals surface area (Å²) < 4.78 is 0. The number of nitrogens with zero attached hydrogens (tertiary/aromatic N) is 3. The molecular weight excluding hydrogens is 212 g/mol. The third-order valence-electron chi connectivity index (χ3n) is 2.51. The fourth-order valence-electron chi connectivity index (χ4n) is 1.59. The highest BCUT2D eigenvalue weighted by Crippen LogP contribution is 2.07. The summed E-state index contributed by atoms with van der Waals surface area (Å²) >= 11 is 0. The van der Waals surface area contributed by atoms with E-state index in [-0.39, 0.29) is 0 Å². The normalized spacial score (nSPS) is 10.9. The summed E-state index contributed by atoms with van der Waals surface area (Å²) in [6, 6.07) is 4.08. The molecule has 1 heterocycles. The number of hydrogen-bond donors (Lipinski definition) is 1. The van der Waals surface area contributed by atoms with Gasteiger partial charge >= 0.3 is 0 Å². The van der Waals surface area contributed by atoms with Gasteiger partial charge in [0.15, 0.2) is 5.82 Å². The molecular formula is C13H24N4. The zero-order valence-electron chi connectivity index (χ0n) is 11.4. The van der Waals surface area contributed by atoms with Crippen LogP contribution in [0.3, 0.4) is 0 Å². The molecule has 0 aliphatic carbocycles. The minimum absolute atomic E-state index is 0.665. The molecule has 0 aliphatic heterocycles. The summed E-state index contributed by atoms with van der Waals surface area (Å²) in [5.41, 5.74) is 0.999. The van der Waals surface area contributed by atoms with Gasteiger partial charge in [-0.15, -0.1) is 5.10 Å². The van der Waals surface area contributed by atoms with Gasteiger partial charge in [-0.05, 0) is 31.0 Å². The van der Waals surface area contributed by atoms with Crippen molar-refractivity contribution in [3.63, 3.8) is 0 Å². The second kappa shape index (κ2) is 7.22. The zero-order valence-corrected chi connectivity index (χ0v) is 11.4. The summed E-state index contributed by atoms with van der Waals surface area (Å²) in [6.45, 7) is 9.37. The quantitative estimate of drug-likeness (QED) is 0.787. The molecule has 4 heteroatoms. The first-order valence-corrected chi connectivity index (χ1v) is 6.38. The minimum atomic E-state index is 0.665. The lowest BCUT2D eigenvalue weighted by Gasteiger charge is -2.16. The van der Waals surface area contributed by atoms with Crippen LogP contribution in [0.15, 0.2) is 12.1 Å². The molecule has 0 spiro atoms. The van der Waals surface area contributed by atoms with Gasteiger partial charge in [-0.25, -0.2) is 0 Å². The molecule has 0 radical (unpaired) electrons. The van der Waals surface area contributed by atoms with Crippen LogP contribution < -0.4 is 10.2 Å². The van der Waals surface area contributed by atoms with E-state index in [4.69, 9.17) is 0 Å². The Bertz CT molecular complexity index is 308. The Morgan fingerprint density at radius 3 is 2.59 bits per heavy atom. The van der Waals surface area contributed by atoms with E-state index in [9.17, 15) is 0 Å². The average molecular weight is 236 g/mol. The van der Waals surface area contributed by atoms with Crippen molar-refractivity contribution < 1.29 is 0 Å². The van der Waals surface area contributed by atoms with E-state index in [0.29, 0.717) is 5.92 Å². The van der Waals surface area contributed by atoms with Gasteiger partial charge in [0.2, 0.25) is 0 Å². The highest BCUT2D eigenvalue weighted by Gasteiger charge is 2.02. The molecule has 0 fully saturated rings. The Kier molecular flexibility index (Phi) is 5.91. The van der Waals surface area contributed by atoms with Gasteiger partial charge in [0.05, 0.1) is 5.69 Å². The summed E-state index contributed by atoms with van der Waals surface area (Å²) in [5.74, 6) is 1.61. The summed E-state index contributed by atoms with van der Waals surface area (Å²) in [6.07, 6.45) is 1.12. The first-order valence-electron chi connectivity index (χ1n) is 6.38. The second-order valence-corrected chi connectivity index (χ2v) is 4.83. The second-order valence-electron chi connectivity index (χ2n) is 4.83. The molecule has 0 unspecified atom stereocenters. The van der Waals surface area contributed by atoms with Crippen LogP contribution in [-0.2, 0) is 6.54 Å². The fourth-order valence-corrected chi connectivity index (χ4v) is 1.59. The highest BCUT2D eigenvalue weighted by molar-refractivity contribution is 5.35. The van der Waals surface area contributed by atoms with Crippen LogP contribution in [0.1, 0.15) is 32.9 Å². The zero-order chi connectivity index (χ0) is 12.7. The summed E-state index contributed by atoms with van der Waals surface area (Å²) in [5, 5.41) is 11.8. The molecule has 0 aromatic carbocycles. The third-order valence-corrected chi connectivity index (χ3v) is 2.51. The summed E-state index contributed by atoms with van der Waals surface area (Å²) in [4.78, 5) is 2.12. The lowest BCUT2D eigenvalue weighted by molar-refractivity contribution is 0.546.